The molecule has 0 radical (unpaired) electrons. The molecule has 0 saturated heterocycles. The summed E-state index contributed by atoms with van der Waals surface area (Å²) in [7, 11) is -2.36. The van der Waals surface area contributed by atoms with E-state index >= 15 is 0 Å². The number of carbonyl (C=O) groups excluding carboxylic acids is 1. The van der Waals surface area contributed by atoms with Crippen molar-refractivity contribution >= 4 is 30.8 Å². The monoisotopic (exact) mass is 388 g/mol. The van der Waals surface area contributed by atoms with Gasteiger partial charge in [-0.25, -0.2) is 13.8 Å². The van der Waals surface area contributed by atoms with Crippen LogP contribution < -0.4 is 10.4 Å². The number of hydrogen-bond acceptors (Lipinski definition) is 5. The van der Waals surface area contributed by atoms with Crippen molar-refractivity contribution in [1.29, 1.82) is 0 Å². The number of nitrogens with zero attached hydrogens (tertiary/aromatic N) is 3. The lowest BCUT2D eigenvalue weighted by Gasteiger charge is -2.30. The van der Waals surface area contributed by atoms with Gasteiger partial charge in [-0.05, 0) is 24.3 Å². The van der Waals surface area contributed by atoms with Crippen molar-refractivity contribution in [3.8, 4) is 0 Å². The molecule has 5 nitrogen and oxygen atoms in total. The van der Waals surface area contributed by atoms with Crippen molar-refractivity contribution in [3.63, 3.8) is 0 Å². The molecular formula is C19H20F2N3O2Si+. The van der Waals surface area contributed by atoms with Crippen LogP contribution in [0.3, 0.4) is 0 Å². The highest BCUT2D eigenvalue weighted by atomic mass is 28.3. The van der Waals surface area contributed by atoms with E-state index in [4.69, 9.17) is 4.74 Å². The van der Waals surface area contributed by atoms with E-state index in [-0.39, 0.29) is 24.3 Å². The first kappa shape index (κ1) is 18.9. The largest absolute Gasteiger partial charge is 0.547 e. The SMILES string of the molecule is CC(=O)OCN1[C+]=NN(C[Si](C)(c2ccc(F)cc2)c2ccc(F)cc2)C1. The maximum atomic E-state index is 13.4. The Morgan fingerprint density at radius 2 is 1.63 bits per heavy atom. The average molecular weight is 388 g/mol. The van der Waals surface area contributed by atoms with Crippen LogP contribution in [0.15, 0.2) is 53.6 Å². The molecule has 0 atom stereocenters. The number of carbonyl (C=O) groups is 1. The highest BCUT2D eigenvalue weighted by Gasteiger charge is 2.39. The van der Waals surface area contributed by atoms with E-state index in [2.05, 4.69) is 18.0 Å². The summed E-state index contributed by atoms with van der Waals surface area (Å²) in [6.45, 7) is 3.99. The Morgan fingerprint density at radius 3 is 2.11 bits per heavy atom. The molecule has 1 aliphatic heterocycles. The first-order chi connectivity index (χ1) is 12.9. The molecule has 0 saturated carbocycles. The van der Waals surface area contributed by atoms with Gasteiger partial charge in [-0.1, -0.05) is 46.1 Å². The maximum Gasteiger partial charge on any atom is 0.547 e. The lowest BCUT2D eigenvalue weighted by Crippen LogP contribution is -2.62. The van der Waals surface area contributed by atoms with E-state index in [1.165, 1.54) is 31.2 Å². The van der Waals surface area contributed by atoms with Gasteiger partial charge in [-0.2, -0.15) is 0 Å². The molecule has 3 rings (SSSR count). The van der Waals surface area contributed by atoms with Crippen molar-refractivity contribution < 1.29 is 18.3 Å². The van der Waals surface area contributed by atoms with Gasteiger partial charge in [0.25, 0.3) is 0 Å². The third-order valence-electron chi connectivity index (χ3n) is 4.55. The van der Waals surface area contributed by atoms with E-state index in [0.29, 0.717) is 12.8 Å². The molecule has 1 heterocycles. The van der Waals surface area contributed by atoms with Crippen LogP contribution >= 0.6 is 0 Å². The number of esters is 1. The third kappa shape index (κ3) is 4.47. The maximum absolute atomic E-state index is 13.4. The quantitative estimate of drug-likeness (QED) is 0.429. The molecule has 0 aliphatic carbocycles. The van der Waals surface area contributed by atoms with Crippen molar-refractivity contribution in [2.24, 2.45) is 5.10 Å². The van der Waals surface area contributed by atoms with E-state index in [9.17, 15) is 13.6 Å². The summed E-state index contributed by atoms with van der Waals surface area (Å²) in [6.07, 6.45) is 3.41. The van der Waals surface area contributed by atoms with Gasteiger partial charge in [0.1, 0.15) is 24.8 Å². The Kier molecular flexibility index (Phi) is 5.48. The fourth-order valence-electron chi connectivity index (χ4n) is 3.06. The summed E-state index contributed by atoms with van der Waals surface area (Å²) in [4.78, 5) is 12.6. The van der Waals surface area contributed by atoms with E-state index in [1.54, 1.807) is 29.2 Å². The summed E-state index contributed by atoms with van der Waals surface area (Å²) in [5.74, 6) is -0.962. The normalized spacial score (nSPS) is 13.6. The van der Waals surface area contributed by atoms with E-state index in [1.807, 2.05) is 5.01 Å². The van der Waals surface area contributed by atoms with Gasteiger partial charge in [0.05, 0.1) is 0 Å². The second-order valence-electron chi connectivity index (χ2n) is 6.66. The zero-order chi connectivity index (χ0) is 19.4. The summed E-state index contributed by atoms with van der Waals surface area (Å²) in [5, 5.41) is 8.14. The van der Waals surface area contributed by atoms with Crippen LogP contribution in [-0.2, 0) is 9.53 Å². The van der Waals surface area contributed by atoms with Crippen molar-refractivity contribution in [1.82, 2.24) is 9.91 Å². The topological polar surface area (TPSA) is 45.1 Å². The average Bonchev–Trinajstić information content (AvgIpc) is 3.08. The van der Waals surface area contributed by atoms with Crippen LogP contribution in [0.5, 0.6) is 0 Å². The predicted molar refractivity (Wildman–Crippen MR) is 101 cm³/mol. The molecule has 0 spiro atoms. The van der Waals surface area contributed by atoms with Gasteiger partial charge in [0, 0.05) is 13.1 Å². The second kappa shape index (κ2) is 7.81. The van der Waals surface area contributed by atoms with Gasteiger partial charge < -0.3 is 4.74 Å². The molecule has 0 fully saturated rings. The lowest BCUT2D eigenvalue weighted by molar-refractivity contribution is -0.144. The van der Waals surface area contributed by atoms with Crippen molar-refractivity contribution in [2.45, 2.75) is 13.5 Å². The molecule has 0 amide bonds. The molecule has 0 aromatic heterocycles. The minimum Gasteiger partial charge on any atom is -0.440 e. The molecule has 140 valence electrons. The Balaban J connectivity index is 1.83. The predicted octanol–water partition coefficient (Wildman–Crippen LogP) is 1.61. The first-order valence-electron chi connectivity index (χ1n) is 8.48. The summed E-state index contributed by atoms with van der Waals surface area (Å²) in [5.41, 5.74) is 0. The van der Waals surface area contributed by atoms with Gasteiger partial charge in [-0.15, -0.1) is 0 Å². The molecule has 2 aromatic rings. The molecule has 8 heteroatoms. The van der Waals surface area contributed by atoms with E-state index in [0.717, 1.165) is 10.4 Å². The zero-order valence-corrected chi connectivity index (χ0v) is 16.2. The second-order valence-corrected chi connectivity index (χ2v) is 10.8. The molecule has 27 heavy (non-hydrogen) atoms. The number of benzene rings is 2. The lowest BCUT2D eigenvalue weighted by atomic mass is 10.3. The first-order valence-corrected chi connectivity index (χ1v) is 11.2. The number of hydrazone groups is 1. The van der Waals surface area contributed by atoms with Crippen LogP contribution in [0.2, 0.25) is 6.55 Å². The van der Waals surface area contributed by atoms with Crippen LogP contribution in [-0.4, -0.2) is 49.9 Å². The molecule has 0 N–H and O–H groups in total. The standard InChI is InChI=1S/C19H20F2N3O2Si/c1-15(25)26-13-23-11-22-24(12-23)14-27(2,18-7-3-16(20)4-8-18)19-9-5-17(21)6-10-19/h3-10H,12-14H2,1-2H3/q+1. The van der Waals surface area contributed by atoms with Crippen LogP contribution in [0, 0.1) is 11.6 Å². The third-order valence-corrected chi connectivity index (χ3v) is 8.76. The highest BCUT2D eigenvalue weighted by Crippen LogP contribution is 2.13. The van der Waals surface area contributed by atoms with Crippen LogP contribution in [0.25, 0.3) is 0 Å². The number of rotatable bonds is 6. The van der Waals surface area contributed by atoms with Gasteiger partial charge in [0.2, 0.25) is 6.73 Å². The fourth-order valence-corrected chi connectivity index (χ4v) is 6.46. The Morgan fingerprint density at radius 1 is 1.11 bits per heavy atom. The highest BCUT2D eigenvalue weighted by molar-refractivity contribution is 7.01. The van der Waals surface area contributed by atoms with Crippen molar-refractivity contribution in [2.75, 3.05) is 19.6 Å². The Labute approximate surface area is 157 Å². The molecule has 2 aromatic carbocycles. The Bertz CT molecular complexity index is 782. The fraction of sp³-hybridized carbons (Fsp3) is 0.263. The number of ether oxygens (including phenoxy) is 1. The molecular weight excluding hydrogens is 368 g/mol. The van der Waals surface area contributed by atoms with E-state index < -0.39 is 8.07 Å². The Hall–Kier alpha value is -2.83. The minimum absolute atomic E-state index is 0.0840. The smallest absolute Gasteiger partial charge is 0.440 e. The van der Waals surface area contributed by atoms with Gasteiger partial charge >= 0.3 is 12.3 Å². The molecule has 0 unspecified atom stereocenters. The zero-order valence-electron chi connectivity index (χ0n) is 15.2. The molecule has 0 bridgehead atoms. The van der Waals surface area contributed by atoms with Crippen molar-refractivity contribution in [3.05, 3.63) is 60.2 Å². The van der Waals surface area contributed by atoms with Gasteiger partial charge in [0.15, 0.2) is 6.67 Å². The van der Waals surface area contributed by atoms with Crippen LogP contribution in [0.4, 0.5) is 8.78 Å². The summed E-state index contributed by atoms with van der Waals surface area (Å²) in [6, 6.07) is 12.9. The van der Waals surface area contributed by atoms with Gasteiger partial charge in [-0.3, -0.25) is 4.79 Å². The van der Waals surface area contributed by atoms with Crippen LogP contribution in [0.1, 0.15) is 6.92 Å². The summed E-state index contributed by atoms with van der Waals surface area (Å²) < 4.78 is 31.8. The summed E-state index contributed by atoms with van der Waals surface area (Å²) >= 11 is 0. The number of halogens is 2. The molecule has 1 aliphatic rings. The number of hydrogen-bond donors (Lipinski definition) is 0. The minimum atomic E-state index is -2.36.